The highest BCUT2D eigenvalue weighted by atomic mass is 16.5. The summed E-state index contributed by atoms with van der Waals surface area (Å²) in [5.74, 6) is 1.81. The Kier molecular flexibility index (Phi) is 56.2. The van der Waals surface area contributed by atoms with Crippen molar-refractivity contribution in [3.05, 3.63) is 0 Å². The summed E-state index contributed by atoms with van der Waals surface area (Å²) in [6.45, 7) is 9.24. The zero-order valence-corrected chi connectivity index (χ0v) is 47.8. The van der Waals surface area contributed by atoms with E-state index >= 15 is 0 Å². The van der Waals surface area contributed by atoms with Crippen LogP contribution in [0.5, 0.6) is 0 Å². The van der Waals surface area contributed by atoms with Gasteiger partial charge in [0, 0.05) is 26.4 Å². The molecule has 0 saturated carbocycles. The largest absolute Gasteiger partial charge is 0.394 e. The van der Waals surface area contributed by atoms with Gasteiger partial charge in [-0.1, -0.05) is 309 Å². The molecule has 4 atom stereocenters. The van der Waals surface area contributed by atoms with E-state index in [1.165, 1.54) is 295 Å². The zero-order chi connectivity index (χ0) is 50.2. The molecule has 1 rings (SSSR count). The van der Waals surface area contributed by atoms with Crippen molar-refractivity contribution in [3.63, 3.8) is 0 Å². The van der Waals surface area contributed by atoms with Gasteiger partial charge in [-0.2, -0.15) is 0 Å². The van der Waals surface area contributed by atoms with Gasteiger partial charge in [-0.3, -0.25) is 0 Å². The first-order valence-corrected chi connectivity index (χ1v) is 32.3. The predicted octanol–water partition coefficient (Wildman–Crippen LogP) is 19.6. The number of hydrogen-bond acceptors (Lipinski definition) is 6. The van der Waals surface area contributed by atoms with Crippen molar-refractivity contribution in [1.82, 2.24) is 0 Å². The van der Waals surface area contributed by atoms with Crippen LogP contribution < -0.4 is 0 Å². The topological polar surface area (TPSA) is 77.4 Å². The molecule has 1 saturated heterocycles. The molecule has 0 bridgehead atoms. The van der Waals surface area contributed by atoms with Gasteiger partial charge in [0.25, 0.3) is 0 Å². The molecule has 420 valence electrons. The van der Waals surface area contributed by atoms with Crippen molar-refractivity contribution in [2.45, 2.75) is 347 Å². The van der Waals surface area contributed by atoms with Crippen LogP contribution >= 0.6 is 0 Å². The molecule has 6 heteroatoms. The summed E-state index contributed by atoms with van der Waals surface area (Å²) in [5.41, 5.74) is 0. The van der Waals surface area contributed by atoms with Gasteiger partial charge in [0.2, 0.25) is 0 Å². The van der Waals surface area contributed by atoms with Gasteiger partial charge >= 0.3 is 0 Å². The maximum absolute atomic E-state index is 9.76. The molecule has 1 aliphatic heterocycles. The maximum atomic E-state index is 9.76. The number of aliphatic hydroxyl groups excluding tert-OH is 2. The number of aliphatic hydroxyl groups is 2. The molecule has 1 fully saturated rings. The Labute approximate surface area is 439 Å². The van der Waals surface area contributed by atoms with E-state index in [-0.39, 0.29) is 25.4 Å². The third kappa shape index (κ3) is 52.6. The standard InChI is InChI=1S/C64H128O6/c1-61-49-41-33-25-17-9-5-3-7-13-23-31-39-47-55-69-64(58-66)60-68-54-46-38-30-22-16-12-20-28-36-44-52-62(2)50-42-34-26-18-10-6-4-8-14-24-32-40-48-56-70-63(57-65)59-67-53-45-37-29-21-15-11-19-27-35-43-51-61/h61-66H,3-60H2,1-2H3. The van der Waals surface area contributed by atoms with Crippen molar-refractivity contribution in [2.75, 3.05) is 52.9 Å². The van der Waals surface area contributed by atoms with Gasteiger partial charge in [0.05, 0.1) is 26.4 Å². The second-order valence-electron chi connectivity index (χ2n) is 23.1. The normalized spacial score (nSPS) is 27.3. The van der Waals surface area contributed by atoms with Crippen LogP contribution in [0.3, 0.4) is 0 Å². The molecule has 4 unspecified atom stereocenters. The minimum absolute atomic E-state index is 0.0606. The van der Waals surface area contributed by atoms with E-state index < -0.39 is 0 Å². The summed E-state index contributed by atoms with van der Waals surface area (Å²) >= 11 is 0. The average Bonchev–Trinajstić information content (AvgIpc) is 3.36. The molecule has 2 N–H and O–H groups in total. The van der Waals surface area contributed by atoms with Crippen LogP contribution in [0.4, 0.5) is 0 Å². The lowest BCUT2D eigenvalue weighted by molar-refractivity contribution is -0.0437. The first-order chi connectivity index (χ1) is 34.7. The van der Waals surface area contributed by atoms with Gasteiger partial charge in [0.15, 0.2) is 0 Å². The summed E-state index contributed by atoms with van der Waals surface area (Å²) in [6.07, 6.45) is 68.1. The van der Waals surface area contributed by atoms with Gasteiger partial charge in [-0.25, -0.2) is 0 Å². The molecule has 0 aliphatic carbocycles. The first kappa shape index (κ1) is 67.8. The summed E-state index contributed by atoms with van der Waals surface area (Å²) < 4.78 is 23.7. The van der Waals surface area contributed by atoms with Crippen molar-refractivity contribution in [3.8, 4) is 0 Å². The van der Waals surface area contributed by atoms with E-state index in [9.17, 15) is 10.2 Å². The van der Waals surface area contributed by atoms with E-state index in [4.69, 9.17) is 18.9 Å². The second kappa shape index (κ2) is 58.0. The first-order valence-electron chi connectivity index (χ1n) is 32.3. The highest BCUT2D eigenvalue weighted by Gasteiger charge is 2.10. The van der Waals surface area contributed by atoms with Crippen LogP contribution in [-0.4, -0.2) is 75.3 Å². The van der Waals surface area contributed by atoms with Crippen molar-refractivity contribution in [2.24, 2.45) is 11.8 Å². The molecule has 1 aliphatic rings. The van der Waals surface area contributed by atoms with Crippen molar-refractivity contribution in [1.29, 1.82) is 0 Å². The Morgan fingerprint density at radius 2 is 0.414 bits per heavy atom. The van der Waals surface area contributed by atoms with E-state index in [1.807, 2.05) is 0 Å². The number of ether oxygens (including phenoxy) is 4. The summed E-state index contributed by atoms with van der Waals surface area (Å²) in [4.78, 5) is 0. The maximum Gasteiger partial charge on any atom is 0.104 e. The van der Waals surface area contributed by atoms with Crippen LogP contribution in [0.15, 0.2) is 0 Å². The SMILES string of the molecule is CC1CCCCCCCCCCCCCCCOC(CO)COCCCCCCCCCCCCC(C)CCCCCCCCCCCCCCCOC(CO)COCCCCCCCCCCCC1. The fourth-order valence-electron chi connectivity index (χ4n) is 10.8. The lowest BCUT2D eigenvalue weighted by Crippen LogP contribution is -2.24. The zero-order valence-electron chi connectivity index (χ0n) is 47.8. The molecule has 6 nitrogen and oxygen atoms in total. The Hall–Kier alpha value is -0.240. The molecule has 0 amide bonds. The van der Waals surface area contributed by atoms with Gasteiger partial charge < -0.3 is 29.2 Å². The quantitative estimate of drug-likeness (QED) is 0.287. The molecule has 1 heterocycles. The van der Waals surface area contributed by atoms with Gasteiger partial charge in [-0.05, 0) is 37.5 Å². The smallest absolute Gasteiger partial charge is 0.104 e. The second-order valence-corrected chi connectivity index (χ2v) is 23.1. The van der Waals surface area contributed by atoms with Gasteiger partial charge in [-0.15, -0.1) is 0 Å². The van der Waals surface area contributed by atoms with E-state index in [1.54, 1.807) is 0 Å². The minimum atomic E-state index is -0.165. The minimum Gasteiger partial charge on any atom is -0.394 e. The molecule has 0 radical (unpaired) electrons. The highest BCUT2D eigenvalue weighted by molar-refractivity contribution is 4.61. The molecule has 0 aromatic carbocycles. The molecule has 70 heavy (non-hydrogen) atoms. The lowest BCUT2D eigenvalue weighted by atomic mass is 9.95. The van der Waals surface area contributed by atoms with Crippen LogP contribution in [0, 0.1) is 11.8 Å². The van der Waals surface area contributed by atoms with E-state index in [0.29, 0.717) is 13.2 Å². The Bertz CT molecular complexity index is 875. The number of hydrogen-bond donors (Lipinski definition) is 2. The van der Waals surface area contributed by atoms with Crippen LogP contribution in [0.1, 0.15) is 335 Å². The van der Waals surface area contributed by atoms with Gasteiger partial charge in [0.1, 0.15) is 12.2 Å². The third-order valence-electron chi connectivity index (χ3n) is 15.9. The predicted molar refractivity (Wildman–Crippen MR) is 304 cm³/mol. The lowest BCUT2D eigenvalue weighted by Gasteiger charge is -2.15. The summed E-state index contributed by atoms with van der Waals surface area (Å²) in [7, 11) is 0. The molecule has 0 spiro atoms. The van der Waals surface area contributed by atoms with Crippen molar-refractivity contribution < 1.29 is 29.2 Å². The average molecular weight is 994 g/mol. The molecular weight excluding hydrogens is 865 g/mol. The monoisotopic (exact) mass is 993 g/mol. The fourth-order valence-corrected chi connectivity index (χ4v) is 10.8. The van der Waals surface area contributed by atoms with Crippen LogP contribution in [0.2, 0.25) is 0 Å². The Morgan fingerprint density at radius 3 is 0.614 bits per heavy atom. The van der Waals surface area contributed by atoms with Crippen LogP contribution in [0.25, 0.3) is 0 Å². The van der Waals surface area contributed by atoms with E-state index in [2.05, 4.69) is 13.8 Å². The summed E-state index contributed by atoms with van der Waals surface area (Å²) in [5, 5.41) is 19.5. The Balaban J connectivity index is 2.16. The molecule has 0 aromatic heterocycles. The molecular formula is C64H128O6. The fraction of sp³-hybridized carbons (Fsp3) is 1.00. The number of rotatable bonds is 2. The Morgan fingerprint density at radius 1 is 0.243 bits per heavy atom. The summed E-state index contributed by atoms with van der Waals surface area (Å²) in [6, 6.07) is 0. The van der Waals surface area contributed by atoms with E-state index in [0.717, 1.165) is 63.9 Å². The molecule has 0 aromatic rings. The third-order valence-corrected chi connectivity index (χ3v) is 15.9. The van der Waals surface area contributed by atoms with Crippen LogP contribution in [-0.2, 0) is 18.9 Å². The highest BCUT2D eigenvalue weighted by Crippen LogP contribution is 2.22. The van der Waals surface area contributed by atoms with Crippen molar-refractivity contribution >= 4 is 0 Å².